The fourth-order valence-electron chi connectivity index (χ4n) is 2.49. The Morgan fingerprint density at radius 1 is 0.773 bits per heavy atom. The predicted molar refractivity (Wildman–Crippen MR) is 93.8 cm³/mol. The number of likely N-dealkylation sites (N-methyl/N-ethyl adjacent to an activating group) is 1. The first-order valence-electron chi connectivity index (χ1n) is 7.65. The Bertz CT molecular complexity index is 585. The molecule has 4 heteroatoms. The molecule has 1 atom stereocenters. The van der Waals surface area contributed by atoms with E-state index in [9.17, 15) is 0 Å². The number of nitrogens with one attached hydrogen (secondary N) is 2. The highest BCUT2D eigenvalue weighted by molar-refractivity contribution is 6.42. The second-order valence-corrected chi connectivity index (χ2v) is 6.86. The van der Waals surface area contributed by atoms with E-state index in [0.717, 1.165) is 26.2 Å². The summed E-state index contributed by atoms with van der Waals surface area (Å²) in [6.07, 6.45) is 0. The summed E-state index contributed by atoms with van der Waals surface area (Å²) in [6.45, 7) is 4.24. The minimum absolute atomic E-state index is 0.618. The average molecular weight is 339 g/mol. The number of quaternary nitrogens is 2. The molecule has 0 aromatic heterocycles. The minimum Gasteiger partial charge on any atom is -0.335 e. The van der Waals surface area contributed by atoms with Crippen molar-refractivity contribution in [1.29, 1.82) is 0 Å². The fraction of sp³-hybridized carbons (Fsp3) is 0.333. The molecule has 0 aliphatic carbocycles. The van der Waals surface area contributed by atoms with E-state index < -0.39 is 0 Å². The van der Waals surface area contributed by atoms with Crippen LogP contribution in [0.3, 0.4) is 0 Å². The summed E-state index contributed by atoms with van der Waals surface area (Å²) in [5.41, 5.74) is 2.60. The lowest BCUT2D eigenvalue weighted by Gasteiger charge is -2.20. The van der Waals surface area contributed by atoms with Crippen LogP contribution in [0.1, 0.15) is 11.1 Å². The zero-order chi connectivity index (χ0) is 15.9. The molecule has 0 fully saturated rings. The maximum absolute atomic E-state index is 6.14. The van der Waals surface area contributed by atoms with Crippen LogP contribution in [-0.2, 0) is 13.1 Å². The van der Waals surface area contributed by atoms with Gasteiger partial charge in [0.05, 0.1) is 24.1 Å². The van der Waals surface area contributed by atoms with E-state index in [-0.39, 0.29) is 0 Å². The van der Waals surface area contributed by atoms with Gasteiger partial charge < -0.3 is 9.80 Å². The lowest BCUT2D eigenvalue weighted by Crippen LogP contribution is -3.16. The van der Waals surface area contributed by atoms with Crippen LogP contribution in [0.4, 0.5) is 0 Å². The molecular formula is C18H24Cl2N2+2. The van der Waals surface area contributed by atoms with Crippen molar-refractivity contribution in [2.45, 2.75) is 13.1 Å². The number of rotatable bonds is 7. The van der Waals surface area contributed by atoms with Crippen molar-refractivity contribution in [1.82, 2.24) is 0 Å². The van der Waals surface area contributed by atoms with Crippen molar-refractivity contribution in [2.75, 3.05) is 27.2 Å². The SMILES string of the molecule is C[NH+](C)CC[NH+](Cc1ccccc1)Cc1ccc(Cl)c(Cl)c1. The quantitative estimate of drug-likeness (QED) is 0.760. The molecule has 118 valence electrons. The summed E-state index contributed by atoms with van der Waals surface area (Å²) >= 11 is 12.1. The van der Waals surface area contributed by atoms with Gasteiger partial charge in [-0.15, -0.1) is 0 Å². The fourth-order valence-corrected chi connectivity index (χ4v) is 2.81. The lowest BCUT2D eigenvalue weighted by atomic mass is 10.1. The van der Waals surface area contributed by atoms with Crippen LogP contribution in [0, 0.1) is 0 Å². The van der Waals surface area contributed by atoms with Gasteiger partial charge in [0.25, 0.3) is 0 Å². The van der Waals surface area contributed by atoms with Gasteiger partial charge in [-0.3, -0.25) is 0 Å². The zero-order valence-electron chi connectivity index (χ0n) is 13.2. The Morgan fingerprint density at radius 2 is 1.45 bits per heavy atom. The normalized spacial score (nSPS) is 12.6. The van der Waals surface area contributed by atoms with Gasteiger partial charge in [0.1, 0.15) is 26.2 Å². The van der Waals surface area contributed by atoms with Crippen LogP contribution in [0.5, 0.6) is 0 Å². The van der Waals surface area contributed by atoms with Gasteiger partial charge in [0.2, 0.25) is 0 Å². The Kier molecular flexibility index (Phi) is 6.71. The first-order chi connectivity index (χ1) is 10.5. The summed E-state index contributed by atoms with van der Waals surface area (Å²) in [6, 6.07) is 16.6. The van der Waals surface area contributed by atoms with E-state index in [1.54, 1.807) is 0 Å². The van der Waals surface area contributed by atoms with Crippen LogP contribution in [0.25, 0.3) is 0 Å². The lowest BCUT2D eigenvalue weighted by molar-refractivity contribution is -0.960. The molecule has 1 unspecified atom stereocenters. The highest BCUT2D eigenvalue weighted by Crippen LogP contribution is 2.22. The van der Waals surface area contributed by atoms with E-state index in [0.29, 0.717) is 10.0 Å². The van der Waals surface area contributed by atoms with Crippen LogP contribution in [0.15, 0.2) is 48.5 Å². The molecule has 0 spiro atoms. The molecular weight excluding hydrogens is 315 g/mol. The molecule has 0 amide bonds. The molecule has 2 N–H and O–H groups in total. The van der Waals surface area contributed by atoms with Gasteiger partial charge in [-0.2, -0.15) is 0 Å². The van der Waals surface area contributed by atoms with E-state index in [2.05, 4.69) is 50.5 Å². The Labute approximate surface area is 143 Å². The molecule has 0 aliphatic heterocycles. The standard InChI is InChI=1S/C18H22Cl2N2/c1-21(2)10-11-22(13-15-6-4-3-5-7-15)14-16-8-9-17(19)18(20)12-16/h3-9,12H,10-11,13-14H2,1-2H3/p+2. The molecule has 2 nitrogen and oxygen atoms in total. The average Bonchev–Trinajstić information content (AvgIpc) is 2.49. The highest BCUT2D eigenvalue weighted by Gasteiger charge is 2.13. The molecule has 0 radical (unpaired) electrons. The molecule has 0 saturated carbocycles. The Hall–Kier alpha value is -1.06. The maximum atomic E-state index is 6.14. The topological polar surface area (TPSA) is 8.88 Å². The maximum Gasteiger partial charge on any atom is 0.127 e. The van der Waals surface area contributed by atoms with Crippen LogP contribution >= 0.6 is 23.2 Å². The smallest absolute Gasteiger partial charge is 0.127 e. The van der Waals surface area contributed by atoms with Gasteiger partial charge in [-0.1, -0.05) is 59.6 Å². The molecule has 2 rings (SSSR count). The van der Waals surface area contributed by atoms with Crippen molar-refractivity contribution in [2.24, 2.45) is 0 Å². The van der Waals surface area contributed by atoms with Crippen molar-refractivity contribution in [3.8, 4) is 0 Å². The molecule has 0 heterocycles. The third-order valence-corrected chi connectivity index (χ3v) is 4.45. The van der Waals surface area contributed by atoms with Crippen molar-refractivity contribution in [3.63, 3.8) is 0 Å². The highest BCUT2D eigenvalue weighted by atomic mass is 35.5. The first-order valence-corrected chi connectivity index (χ1v) is 8.40. The largest absolute Gasteiger partial charge is 0.335 e. The summed E-state index contributed by atoms with van der Waals surface area (Å²) in [5, 5.41) is 1.25. The van der Waals surface area contributed by atoms with Crippen molar-refractivity contribution < 1.29 is 9.80 Å². The third kappa shape index (κ3) is 5.62. The van der Waals surface area contributed by atoms with E-state index >= 15 is 0 Å². The molecule has 22 heavy (non-hydrogen) atoms. The van der Waals surface area contributed by atoms with Gasteiger partial charge in [-0.05, 0) is 12.1 Å². The Morgan fingerprint density at radius 3 is 2.09 bits per heavy atom. The molecule has 0 bridgehead atoms. The van der Waals surface area contributed by atoms with Crippen molar-refractivity contribution >= 4 is 23.2 Å². The van der Waals surface area contributed by atoms with Gasteiger partial charge in [0, 0.05) is 11.1 Å². The van der Waals surface area contributed by atoms with Crippen LogP contribution in [-0.4, -0.2) is 27.2 Å². The van der Waals surface area contributed by atoms with Gasteiger partial charge >= 0.3 is 0 Å². The molecule has 0 saturated heterocycles. The first kappa shape index (κ1) is 17.3. The summed E-state index contributed by atoms with van der Waals surface area (Å²) in [5.74, 6) is 0. The van der Waals surface area contributed by atoms with Crippen LogP contribution < -0.4 is 9.80 Å². The van der Waals surface area contributed by atoms with Gasteiger partial charge in [0.15, 0.2) is 0 Å². The Balaban J connectivity index is 2.07. The second kappa shape index (κ2) is 8.54. The number of benzene rings is 2. The number of halogens is 2. The minimum atomic E-state index is 0.618. The molecule has 0 aliphatic rings. The number of hydrogen-bond donors (Lipinski definition) is 2. The van der Waals surface area contributed by atoms with Crippen molar-refractivity contribution in [3.05, 3.63) is 69.7 Å². The second-order valence-electron chi connectivity index (χ2n) is 6.04. The van der Waals surface area contributed by atoms with Crippen LogP contribution in [0.2, 0.25) is 10.0 Å². The predicted octanol–water partition coefficient (Wildman–Crippen LogP) is 1.72. The molecule has 2 aromatic carbocycles. The summed E-state index contributed by atoms with van der Waals surface area (Å²) < 4.78 is 0. The van der Waals surface area contributed by atoms with Gasteiger partial charge in [-0.25, -0.2) is 0 Å². The summed E-state index contributed by atoms with van der Waals surface area (Å²) in [4.78, 5) is 3.01. The van der Waals surface area contributed by atoms with E-state index in [1.165, 1.54) is 20.9 Å². The summed E-state index contributed by atoms with van der Waals surface area (Å²) in [7, 11) is 4.39. The monoisotopic (exact) mass is 338 g/mol. The number of hydrogen-bond acceptors (Lipinski definition) is 0. The third-order valence-electron chi connectivity index (χ3n) is 3.71. The molecule has 2 aromatic rings. The van der Waals surface area contributed by atoms with E-state index in [4.69, 9.17) is 23.2 Å². The zero-order valence-corrected chi connectivity index (χ0v) is 14.7. The van der Waals surface area contributed by atoms with E-state index in [1.807, 2.05) is 12.1 Å².